The van der Waals surface area contributed by atoms with Gasteiger partial charge in [0.05, 0.1) is 5.02 Å². The SMILES string of the molecule is CCCCCC#Cc1ccc2c(Cl)c(OS(=O)(=O)C(F)(F)F)ccc2c1. The number of rotatable bonds is 5. The Morgan fingerprint density at radius 2 is 1.88 bits per heavy atom. The maximum absolute atomic E-state index is 12.4. The Bertz CT molecular complexity index is 957. The summed E-state index contributed by atoms with van der Waals surface area (Å²) in [6.45, 7) is 2.11. The Kier molecular flexibility index (Phi) is 6.43. The van der Waals surface area contributed by atoms with Gasteiger partial charge in [-0.05, 0) is 30.0 Å². The largest absolute Gasteiger partial charge is 0.534 e. The molecule has 140 valence electrons. The molecule has 26 heavy (non-hydrogen) atoms. The van der Waals surface area contributed by atoms with Gasteiger partial charge in [-0.1, -0.05) is 55.3 Å². The van der Waals surface area contributed by atoms with E-state index in [2.05, 4.69) is 22.9 Å². The van der Waals surface area contributed by atoms with Crippen molar-refractivity contribution in [3.63, 3.8) is 0 Å². The van der Waals surface area contributed by atoms with E-state index in [1.807, 2.05) is 0 Å². The number of hydrogen-bond donors (Lipinski definition) is 0. The minimum atomic E-state index is -5.78. The van der Waals surface area contributed by atoms with Gasteiger partial charge in [0.25, 0.3) is 0 Å². The van der Waals surface area contributed by atoms with Crippen LogP contribution in [0, 0.1) is 11.8 Å². The summed E-state index contributed by atoms with van der Waals surface area (Å²) in [6, 6.07) is 7.50. The molecule has 0 fully saturated rings. The Hall–Kier alpha value is -1.91. The van der Waals surface area contributed by atoms with Crippen LogP contribution in [0.3, 0.4) is 0 Å². The molecule has 0 atom stereocenters. The summed E-state index contributed by atoms with van der Waals surface area (Å²) < 4.78 is 63.7. The molecular weight excluding hydrogens is 389 g/mol. The summed E-state index contributed by atoms with van der Waals surface area (Å²) in [5.74, 6) is 5.51. The van der Waals surface area contributed by atoms with Crippen molar-refractivity contribution in [2.24, 2.45) is 0 Å². The van der Waals surface area contributed by atoms with E-state index in [0.717, 1.165) is 37.3 Å². The molecule has 0 amide bonds. The first-order valence-electron chi connectivity index (χ1n) is 7.87. The van der Waals surface area contributed by atoms with Gasteiger partial charge in [-0.15, -0.1) is 0 Å². The molecule has 0 N–H and O–H groups in total. The lowest BCUT2D eigenvalue weighted by atomic mass is 10.1. The molecule has 0 aliphatic carbocycles. The van der Waals surface area contributed by atoms with Crippen molar-refractivity contribution in [1.82, 2.24) is 0 Å². The molecule has 0 heterocycles. The lowest BCUT2D eigenvalue weighted by Crippen LogP contribution is -2.28. The fraction of sp³-hybridized carbons (Fsp3) is 0.333. The van der Waals surface area contributed by atoms with Crippen LogP contribution >= 0.6 is 11.6 Å². The molecule has 0 bridgehead atoms. The zero-order valence-electron chi connectivity index (χ0n) is 13.9. The average molecular weight is 405 g/mol. The summed E-state index contributed by atoms with van der Waals surface area (Å²) in [7, 11) is -5.78. The maximum atomic E-state index is 12.4. The van der Waals surface area contributed by atoms with Gasteiger partial charge in [0.2, 0.25) is 0 Å². The number of alkyl halides is 3. The lowest BCUT2D eigenvalue weighted by Gasteiger charge is -2.12. The smallest absolute Gasteiger partial charge is 0.374 e. The summed E-state index contributed by atoms with van der Waals surface area (Å²) in [5, 5.41) is 0.781. The number of hydrogen-bond acceptors (Lipinski definition) is 3. The van der Waals surface area contributed by atoms with E-state index in [1.54, 1.807) is 18.2 Å². The van der Waals surface area contributed by atoms with Crippen LogP contribution in [0.1, 0.15) is 38.2 Å². The Balaban J connectivity index is 2.29. The minimum absolute atomic E-state index is 0.210. The van der Waals surface area contributed by atoms with Crippen molar-refractivity contribution in [3.8, 4) is 17.6 Å². The molecule has 2 aromatic rings. The molecule has 8 heteroatoms. The predicted molar refractivity (Wildman–Crippen MR) is 95.6 cm³/mol. The molecule has 0 unspecified atom stereocenters. The van der Waals surface area contributed by atoms with Gasteiger partial charge < -0.3 is 4.18 Å². The standard InChI is InChI=1S/C18H16ClF3O3S/c1-2-3-4-5-6-7-13-8-10-15-14(12-13)9-11-16(17(15)19)25-26(23,24)18(20,21)22/h8-12H,2-5H2,1H3. The lowest BCUT2D eigenvalue weighted by molar-refractivity contribution is -0.0500. The van der Waals surface area contributed by atoms with E-state index in [9.17, 15) is 21.6 Å². The first-order valence-corrected chi connectivity index (χ1v) is 9.66. The van der Waals surface area contributed by atoms with Crippen LogP contribution < -0.4 is 4.18 Å². The van der Waals surface area contributed by atoms with Gasteiger partial charge in [0, 0.05) is 17.4 Å². The quantitative estimate of drug-likeness (QED) is 0.280. The molecule has 0 aliphatic heterocycles. The third-order valence-corrected chi connectivity index (χ3v) is 4.90. The van der Waals surface area contributed by atoms with Gasteiger partial charge in [-0.2, -0.15) is 21.6 Å². The molecule has 3 nitrogen and oxygen atoms in total. The highest BCUT2D eigenvalue weighted by Crippen LogP contribution is 2.36. The van der Waals surface area contributed by atoms with Crippen LogP contribution in [0.15, 0.2) is 30.3 Å². The molecule has 0 aliphatic rings. The van der Waals surface area contributed by atoms with Crippen LogP contribution in [0.4, 0.5) is 13.2 Å². The van der Waals surface area contributed by atoms with Gasteiger partial charge in [-0.3, -0.25) is 0 Å². The highest BCUT2D eigenvalue weighted by molar-refractivity contribution is 7.88. The van der Waals surface area contributed by atoms with Crippen molar-refractivity contribution < 1.29 is 25.8 Å². The van der Waals surface area contributed by atoms with Crippen LogP contribution in [0.2, 0.25) is 5.02 Å². The van der Waals surface area contributed by atoms with Crippen molar-refractivity contribution in [3.05, 3.63) is 40.9 Å². The van der Waals surface area contributed by atoms with Crippen molar-refractivity contribution >= 4 is 32.5 Å². The number of unbranched alkanes of at least 4 members (excludes halogenated alkanes) is 3. The van der Waals surface area contributed by atoms with Crippen molar-refractivity contribution in [2.45, 2.75) is 38.1 Å². The third kappa shape index (κ3) is 4.83. The molecule has 0 radical (unpaired) electrons. The monoisotopic (exact) mass is 404 g/mol. The number of halogens is 4. The molecule has 0 saturated heterocycles. The minimum Gasteiger partial charge on any atom is -0.374 e. The number of fused-ring (bicyclic) bond motifs is 1. The van der Waals surface area contributed by atoms with Crippen molar-refractivity contribution in [1.29, 1.82) is 0 Å². The zero-order chi connectivity index (χ0) is 19.4. The maximum Gasteiger partial charge on any atom is 0.534 e. The molecule has 2 aromatic carbocycles. The molecule has 0 aromatic heterocycles. The van der Waals surface area contributed by atoms with Crippen molar-refractivity contribution in [2.75, 3.05) is 0 Å². The molecule has 0 saturated carbocycles. The topological polar surface area (TPSA) is 43.4 Å². The van der Waals surface area contributed by atoms with E-state index in [4.69, 9.17) is 11.6 Å². The van der Waals surface area contributed by atoms with E-state index < -0.39 is 21.4 Å². The van der Waals surface area contributed by atoms with Crippen LogP contribution in [0.25, 0.3) is 10.8 Å². The second kappa shape index (κ2) is 8.19. The highest BCUT2D eigenvalue weighted by atomic mass is 35.5. The highest BCUT2D eigenvalue weighted by Gasteiger charge is 2.48. The van der Waals surface area contributed by atoms with Crippen LogP contribution in [-0.2, 0) is 10.1 Å². The number of benzene rings is 2. The normalized spacial score (nSPS) is 11.9. The molecule has 0 spiro atoms. The second-order valence-corrected chi connectivity index (χ2v) is 7.47. The Labute approximate surface area is 155 Å². The van der Waals surface area contributed by atoms with Crippen LogP contribution in [0.5, 0.6) is 5.75 Å². The summed E-state index contributed by atoms with van der Waals surface area (Å²) >= 11 is 6.02. The zero-order valence-corrected chi connectivity index (χ0v) is 15.4. The fourth-order valence-electron chi connectivity index (χ4n) is 2.21. The summed E-state index contributed by atoms with van der Waals surface area (Å²) in [5.41, 5.74) is -4.79. The van der Waals surface area contributed by atoms with Gasteiger partial charge in [0.1, 0.15) is 0 Å². The van der Waals surface area contributed by atoms with E-state index in [0.29, 0.717) is 10.8 Å². The fourth-order valence-corrected chi connectivity index (χ4v) is 3.00. The summed E-state index contributed by atoms with van der Waals surface area (Å²) in [6.07, 6.45) is 4.04. The summed E-state index contributed by atoms with van der Waals surface area (Å²) in [4.78, 5) is 0. The van der Waals surface area contributed by atoms with E-state index in [-0.39, 0.29) is 5.02 Å². The van der Waals surface area contributed by atoms with E-state index >= 15 is 0 Å². The third-order valence-electron chi connectivity index (χ3n) is 3.54. The Morgan fingerprint density at radius 1 is 1.15 bits per heavy atom. The second-order valence-electron chi connectivity index (χ2n) is 5.56. The van der Waals surface area contributed by atoms with Crippen LogP contribution in [-0.4, -0.2) is 13.9 Å². The van der Waals surface area contributed by atoms with Gasteiger partial charge >= 0.3 is 15.6 Å². The first-order chi connectivity index (χ1) is 12.2. The predicted octanol–water partition coefficient (Wildman–Crippen LogP) is 5.65. The molecule has 2 rings (SSSR count). The Morgan fingerprint density at radius 3 is 2.54 bits per heavy atom. The van der Waals surface area contributed by atoms with Gasteiger partial charge in [-0.25, -0.2) is 0 Å². The first kappa shape index (κ1) is 20.4. The van der Waals surface area contributed by atoms with Gasteiger partial charge in [0.15, 0.2) is 5.75 Å². The average Bonchev–Trinajstić information content (AvgIpc) is 2.56. The van der Waals surface area contributed by atoms with E-state index in [1.165, 1.54) is 6.07 Å². The molecular formula is C18H16ClF3O3S.